The van der Waals surface area contributed by atoms with Crippen molar-refractivity contribution in [3.05, 3.63) is 34.9 Å². The van der Waals surface area contributed by atoms with Crippen molar-refractivity contribution in [2.45, 2.75) is 25.7 Å². The number of sulfone groups is 1. The minimum Gasteiger partial charge on any atom is -0.394 e. The summed E-state index contributed by atoms with van der Waals surface area (Å²) in [5.74, 6) is -0.500. The topological polar surface area (TPSA) is 74.6 Å². The average molecular weight is 258 g/mol. The molecular formula is C12H18O4S. The Morgan fingerprint density at radius 2 is 1.76 bits per heavy atom. The lowest BCUT2D eigenvalue weighted by molar-refractivity contribution is 0.112. The Kier molecular flexibility index (Phi) is 4.68. The summed E-state index contributed by atoms with van der Waals surface area (Å²) in [4.78, 5) is 0. The summed E-state index contributed by atoms with van der Waals surface area (Å²) < 4.78 is 23.6. The van der Waals surface area contributed by atoms with Gasteiger partial charge < -0.3 is 10.2 Å². The van der Waals surface area contributed by atoms with Crippen LogP contribution >= 0.6 is 0 Å². The number of hydrogen-bond donors (Lipinski definition) is 2. The molecule has 0 saturated carbocycles. The maximum atomic E-state index is 11.8. The number of aryl methyl sites for hydroxylation is 2. The molecule has 1 rings (SSSR count). The van der Waals surface area contributed by atoms with Crippen molar-refractivity contribution < 1.29 is 18.6 Å². The van der Waals surface area contributed by atoms with Crippen LogP contribution in [0.2, 0.25) is 0 Å². The molecule has 0 fully saturated rings. The molecule has 4 nitrogen and oxygen atoms in total. The van der Waals surface area contributed by atoms with E-state index in [2.05, 4.69) is 0 Å². The van der Waals surface area contributed by atoms with E-state index in [-0.39, 0.29) is 5.75 Å². The van der Waals surface area contributed by atoms with Crippen LogP contribution in [0.3, 0.4) is 0 Å². The molecular weight excluding hydrogens is 240 g/mol. The third kappa shape index (κ3) is 4.11. The lowest BCUT2D eigenvalue weighted by atomic mass is 10.1. The van der Waals surface area contributed by atoms with Gasteiger partial charge in [0.15, 0.2) is 9.84 Å². The molecule has 0 spiro atoms. The second kappa shape index (κ2) is 5.62. The van der Waals surface area contributed by atoms with Crippen molar-refractivity contribution in [3.8, 4) is 0 Å². The highest BCUT2D eigenvalue weighted by Gasteiger charge is 2.19. The summed E-state index contributed by atoms with van der Waals surface area (Å²) >= 11 is 0. The summed E-state index contributed by atoms with van der Waals surface area (Å²) in [6, 6.07) is 5.60. The summed E-state index contributed by atoms with van der Waals surface area (Å²) in [7, 11) is -3.40. The van der Waals surface area contributed by atoms with Gasteiger partial charge in [0, 0.05) is 0 Å². The van der Waals surface area contributed by atoms with Crippen LogP contribution in [0.15, 0.2) is 18.2 Å². The number of aliphatic hydroxyl groups is 2. The predicted molar refractivity (Wildman–Crippen MR) is 66.5 cm³/mol. The number of rotatable bonds is 5. The van der Waals surface area contributed by atoms with Crippen LogP contribution in [-0.2, 0) is 15.6 Å². The Labute approximate surface area is 102 Å². The highest BCUT2D eigenvalue weighted by Crippen LogP contribution is 2.17. The molecule has 0 radical (unpaired) electrons. The van der Waals surface area contributed by atoms with Crippen LogP contribution in [0.1, 0.15) is 16.7 Å². The van der Waals surface area contributed by atoms with E-state index in [9.17, 15) is 13.5 Å². The third-order valence-electron chi connectivity index (χ3n) is 2.67. The van der Waals surface area contributed by atoms with Crippen LogP contribution in [0.25, 0.3) is 0 Å². The van der Waals surface area contributed by atoms with Crippen molar-refractivity contribution in [2.75, 3.05) is 12.4 Å². The smallest absolute Gasteiger partial charge is 0.157 e. The van der Waals surface area contributed by atoms with Gasteiger partial charge in [0.1, 0.15) is 0 Å². The molecule has 1 atom stereocenters. The minimum atomic E-state index is -3.40. The van der Waals surface area contributed by atoms with Gasteiger partial charge >= 0.3 is 0 Å². The molecule has 0 bridgehead atoms. The Balaban J connectivity index is 2.91. The van der Waals surface area contributed by atoms with E-state index in [1.54, 1.807) is 0 Å². The van der Waals surface area contributed by atoms with E-state index in [1.807, 2.05) is 32.0 Å². The van der Waals surface area contributed by atoms with Crippen LogP contribution in [0.5, 0.6) is 0 Å². The molecule has 5 heteroatoms. The highest BCUT2D eigenvalue weighted by molar-refractivity contribution is 7.90. The number of aliphatic hydroxyl groups excluding tert-OH is 2. The largest absolute Gasteiger partial charge is 0.394 e. The van der Waals surface area contributed by atoms with Gasteiger partial charge in [-0.15, -0.1) is 0 Å². The summed E-state index contributed by atoms with van der Waals surface area (Å²) in [6.07, 6.45) is -1.20. The molecule has 0 aliphatic heterocycles. The zero-order valence-corrected chi connectivity index (χ0v) is 10.9. The monoisotopic (exact) mass is 258 g/mol. The van der Waals surface area contributed by atoms with E-state index in [1.165, 1.54) is 0 Å². The van der Waals surface area contributed by atoms with Crippen molar-refractivity contribution in [1.82, 2.24) is 0 Å². The fraction of sp³-hybridized carbons (Fsp3) is 0.500. The van der Waals surface area contributed by atoms with Gasteiger partial charge in [-0.3, -0.25) is 0 Å². The first kappa shape index (κ1) is 14.2. The molecule has 1 aromatic rings. The van der Waals surface area contributed by atoms with Crippen molar-refractivity contribution >= 4 is 9.84 Å². The maximum absolute atomic E-state index is 11.8. The predicted octanol–water partition coefficient (Wildman–Crippen LogP) is 0.571. The Morgan fingerprint density at radius 1 is 1.24 bits per heavy atom. The summed E-state index contributed by atoms with van der Waals surface area (Å²) in [6.45, 7) is 3.19. The van der Waals surface area contributed by atoms with E-state index in [0.717, 1.165) is 16.7 Å². The fourth-order valence-electron chi connectivity index (χ4n) is 1.70. The van der Waals surface area contributed by atoms with Gasteiger partial charge in [0.05, 0.1) is 24.2 Å². The third-order valence-corrected chi connectivity index (χ3v) is 4.29. The first-order valence-corrected chi connectivity index (χ1v) is 7.22. The van der Waals surface area contributed by atoms with Crippen molar-refractivity contribution in [1.29, 1.82) is 0 Å². The molecule has 0 heterocycles. The van der Waals surface area contributed by atoms with Gasteiger partial charge in [0.2, 0.25) is 0 Å². The van der Waals surface area contributed by atoms with E-state index >= 15 is 0 Å². The molecule has 0 aromatic heterocycles. The standard InChI is InChI=1S/C12H18O4S/c1-9-4-3-5-10(2)12(9)8-17(15,16)7-11(14)6-13/h3-5,11,13-14H,6-8H2,1-2H3. The fourth-order valence-corrected chi connectivity index (χ4v) is 3.41. The zero-order chi connectivity index (χ0) is 13.1. The number of benzene rings is 1. The minimum absolute atomic E-state index is 0.0947. The summed E-state index contributed by atoms with van der Waals surface area (Å²) in [5.41, 5.74) is 2.62. The molecule has 0 amide bonds. The van der Waals surface area contributed by atoms with Crippen molar-refractivity contribution in [3.63, 3.8) is 0 Å². The Bertz CT molecular complexity index is 459. The normalized spacial score (nSPS) is 13.6. The SMILES string of the molecule is Cc1cccc(C)c1CS(=O)(=O)CC(O)CO. The Hall–Kier alpha value is -0.910. The van der Waals surface area contributed by atoms with E-state index in [0.29, 0.717) is 0 Å². The summed E-state index contributed by atoms with van der Waals surface area (Å²) in [5, 5.41) is 17.8. The zero-order valence-electron chi connectivity index (χ0n) is 10.0. The second-order valence-corrected chi connectivity index (χ2v) is 6.37. The van der Waals surface area contributed by atoms with Gasteiger partial charge in [-0.05, 0) is 30.5 Å². The first-order chi connectivity index (χ1) is 7.85. The molecule has 0 saturated heterocycles. The lowest BCUT2D eigenvalue weighted by Gasteiger charge is -2.12. The lowest BCUT2D eigenvalue weighted by Crippen LogP contribution is -2.25. The highest BCUT2D eigenvalue weighted by atomic mass is 32.2. The van der Waals surface area contributed by atoms with Crippen molar-refractivity contribution in [2.24, 2.45) is 0 Å². The molecule has 0 aliphatic rings. The molecule has 0 aliphatic carbocycles. The Morgan fingerprint density at radius 3 is 2.24 bits per heavy atom. The van der Waals surface area contributed by atoms with Gasteiger partial charge in [0.25, 0.3) is 0 Å². The van der Waals surface area contributed by atoms with Crippen LogP contribution in [-0.4, -0.2) is 37.1 Å². The molecule has 17 heavy (non-hydrogen) atoms. The van der Waals surface area contributed by atoms with E-state index in [4.69, 9.17) is 5.11 Å². The molecule has 1 aromatic carbocycles. The van der Waals surface area contributed by atoms with Gasteiger partial charge in [-0.2, -0.15) is 0 Å². The number of hydrogen-bond acceptors (Lipinski definition) is 4. The maximum Gasteiger partial charge on any atom is 0.157 e. The van der Waals surface area contributed by atoms with Crippen LogP contribution in [0, 0.1) is 13.8 Å². The van der Waals surface area contributed by atoms with Crippen LogP contribution < -0.4 is 0 Å². The second-order valence-electron chi connectivity index (χ2n) is 4.26. The van der Waals surface area contributed by atoms with Gasteiger partial charge in [-0.1, -0.05) is 18.2 Å². The molecule has 2 N–H and O–H groups in total. The quantitative estimate of drug-likeness (QED) is 0.810. The van der Waals surface area contributed by atoms with Gasteiger partial charge in [-0.25, -0.2) is 8.42 Å². The molecule has 1 unspecified atom stereocenters. The molecule has 96 valence electrons. The average Bonchev–Trinajstić information content (AvgIpc) is 2.23. The van der Waals surface area contributed by atoms with Crippen LogP contribution in [0.4, 0.5) is 0 Å². The van der Waals surface area contributed by atoms with E-state index < -0.39 is 28.3 Å². The first-order valence-electron chi connectivity index (χ1n) is 5.40.